The predicted octanol–water partition coefficient (Wildman–Crippen LogP) is -5.12. The van der Waals surface area contributed by atoms with E-state index in [-0.39, 0.29) is 26.2 Å². The second-order valence-corrected chi connectivity index (χ2v) is 11.3. The molecule has 0 spiro atoms. The van der Waals surface area contributed by atoms with E-state index in [2.05, 4.69) is 16.0 Å². The minimum atomic E-state index is -3.94. The van der Waals surface area contributed by atoms with Gasteiger partial charge in [-0.2, -0.15) is 0 Å². The van der Waals surface area contributed by atoms with Gasteiger partial charge in [0.2, 0.25) is 6.29 Å². The van der Waals surface area contributed by atoms with Crippen LogP contribution in [0, 0.1) is 0 Å². The largest absolute Gasteiger partial charge is 0.467 e. The number of hydrogen-bond acceptors (Lipinski definition) is 15. The number of aliphatic hydroxyl groups excluding tert-OH is 4. The van der Waals surface area contributed by atoms with Gasteiger partial charge in [0, 0.05) is 12.6 Å². The van der Waals surface area contributed by atoms with E-state index in [4.69, 9.17) is 41.3 Å². The monoisotopic (exact) mass is 628 g/mol. The molecule has 18 heteroatoms. The van der Waals surface area contributed by atoms with Crippen molar-refractivity contribution in [2.24, 2.45) is 17.2 Å². The van der Waals surface area contributed by atoms with Crippen molar-refractivity contribution in [1.29, 1.82) is 0 Å². The molecule has 2 unspecified atom stereocenters. The summed E-state index contributed by atoms with van der Waals surface area (Å²) in [7, 11) is 1.50. The van der Waals surface area contributed by atoms with Crippen LogP contribution in [0.2, 0.25) is 0 Å². The summed E-state index contributed by atoms with van der Waals surface area (Å²) >= 11 is 0. The highest BCUT2D eigenvalue weighted by molar-refractivity contribution is 5.82. The molecule has 2 aliphatic heterocycles. The minimum absolute atomic E-state index is 0.0815. The third-order valence-electron chi connectivity index (χ3n) is 7.81. The van der Waals surface area contributed by atoms with Crippen LogP contribution in [0.25, 0.3) is 0 Å². The van der Waals surface area contributed by atoms with Gasteiger partial charge in [-0.1, -0.05) is 0 Å². The lowest BCUT2D eigenvalue weighted by Crippen LogP contribution is -2.69. The van der Waals surface area contributed by atoms with Crippen LogP contribution in [0.5, 0.6) is 0 Å². The molecule has 0 aromatic rings. The first-order valence-electron chi connectivity index (χ1n) is 14.1. The molecule has 12 atom stereocenters. The van der Waals surface area contributed by atoms with Crippen molar-refractivity contribution in [2.45, 2.75) is 98.6 Å². The summed E-state index contributed by atoms with van der Waals surface area (Å²) in [5.74, 6) is -4.95. The molecule has 0 aromatic heterocycles. The second-order valence-electron chi connectivity index (χ2n) is 11.3. The summed E-state index contributed by atoms with van der Waals surface area (Å²) in [4.78, 5) is 12.6. The van der Waals surface area contributed by atoms with E-state index in [0.29, 0.717) is 18.7 Å². The fourth-order valence-corrected chi connectivity index (χ4v) is 5.37. The predicted molar refractivity (Wildman–Crippen MR) is 145 cm³/mol. The van der Waals surface area contributed by atoms with Crippen molar-refractivity contribution in [3.63, 3.8) is 0 Å². The molecule has 0 bridgehead atoms. The number of likely N-dealkylation sites (N-methyl/N-ethyl adjacent to an activating group) is 1. The Morgan fingerprint density at radius 3 is 2.51 bits per heavy atom. The van der Waals surface area contributed by atoms with Crippen molar-refractivity contribution >= 4 is 5.91 Å². The lowest BCUT2D eigenvalue weighted by atomic mass is 9.83. The number of hydrogen-bond donors (Lipinski definition) is 11. The Balaban J connectivity index is 1.82. The molecule has 16 nitrogen and oxygen atoms in total. The lowest BCUT2D eigenvalue weighted by Gasteiger charge is -2.49. The molecule has 1 aliphatic carbocycles. The van der Waals surface area contributed by atoms with Crippen LogP contribution in [0.15, 0.2) is 11.8 Å². The third kappa shape index (κ3) is 8.54. The molecule has 14 N–H and O–H groups in total. The maximum atomic E-state index is 14.0. The van der Waals surface area contributed by atoms with Crippen molar-refractivity contribution in [3.8, 4) is 0 Å². The van der Waals surface area contributed by atoms with Crippen molar-refractivity contribution < 1.29 is 58.1 Å². The van der Waals surface area contributed by atoms with Gasteiger partial charge in [0.15, 0.2) is 12.4 Å². The van der Waals surface area contributed by atoms with Crippen molar-refractivity contribution in [3.05, 3.63) is 11.8 Å². The summed E-state index contributed by atoms with van der Waals surface area (Å²) in [5, 5.41) is 59.8. The maximum absolute atomic E-state index is 14.0. The normalized spacial score (nSPS) is 39.5. The third-order valence-corrected chi connectivity index (χ3v) is 7.81. The van der Waals surface area contributed by atoms with Gasteiger partial charge in [-0.05, 0) is 32.9 Å². The highest BCUT2D eigenvalue weighted by atomic mass is 19.3. The van der Waals surface area contributed by atoms with Gasteiger partial charge in [0.05, 0.1) is 44.4 Å². The molecule has 43 heavy (non-hydrogen) atoms. The van der Waals surface area contributed by atoms with E-state index in [1.807, 2.05) is 0 Å². The Labute approximate surface area is 247 Å². The molecular weight excluding hydrogens is 582 g/mol. The Hall–Kier alpha value is -1.65. The van der Waals surface area contributed by atoms with E-state index in [1.165, 1.54) is 14.0 Å². The maximum Gasteiger partial charge on any atom is 0.294 e. The zero-order valence-electron chi connectivity index (χ0n) is 24.1. The molecular formula is C25H46F2N6O10. The molecule has 0 aromatic carbocycles. The average Bonchev–Trinajstić information content (AvgIpc) is 2.95. The first-order chi connectivity index (χ1) is 20.2. The molecule has 2 fully saturated rings. The molecule has 1 amide bonds. The first-order valence-corrected chi connectivity index (χ1v) is 14.1. The molecule has 2 heterocycles. The number of nitrogens with one attached hydrogen (secondary N) is 3. The topological polar surface area (TPSA) is 269 Å². The van der Waals surface area contributed by atoms with E-state index in [0.717, 1.165) is 0 Å². The number of carbonyl (C=O) groups excluding carboxylic acids is 1. The number of ether oxygens (including phenoxy) is 4. The van der Waals surface area contributed by atoms with Crippen molar-refractivity contribution in [1.82, 2.24) is 16.0 Å². The first kappa shape index (κ1) is 35.8. The zero-order valence-corrected chi connectivity index (χ0v) is 24.1. The van der Waals surface area contributed by atoms with Gasteiger partial charge in [0.25, 0.3) is 11.8 Å². The highest BCUT2D eigenvalue weighted by Crippen LogP contribution is 2.32. The van der Waals surface area contributed by atoms with E-state index in [1.54, 1.807) is 6.08 Å². The smallest absolute Gasteiger partial charge is 0.294 e. The SMILES string of the molecule is CN[C@@H]1[C@@H](O)[C@@H](O[C@H]2[C@H](NC(=O)C(O)C(F)(F)CN)C[C@H](N)C(O[C@H]3OC(CNCCO)=CC[C@H]3N)[C@@H]2O)OC[C@]1(C)O. The van der Waals surface area contributed by atoms with E-state index >= 15 is 0 Å². The number of amides is 1. The van der Waals surface area contributed by atoms with Crippen molar-refractivity contribution in [2.75, 3.05) is 39.9 Å². The summed E-state index contributed by atoms with van der Waals surface area (Å²) in [5.41, 5.74) is 16.0. The van der Waals surface area contributed by atoms with Crippen LogP contribution < -0.4 is 33.2 Å². The van der Waals surface area contributed by atoms with Crippen LogP contribution in [0.1, 0.15) is 19.8 Å². The van der Waals surface area contributed by atoms with E-state index in [9.17, 15) is 34.0 Å². The molecule has 1 saturated carbocycles. The van der Waals surface area contributed by atoms with Gasteiger partial charge >= 0.3 is 0 Å². The number of rotatable bonds is 13. The average molecular weight is 629 g/mol. The van der Waals surface area contributed by atoms with Crippen LogP contribution in [0.4, 0.5) is 8.78 Å². The Bertz CT molecular complexity index is 952. The summed E-state index contributed by atoms with van der Waals surface area (Å²) < 4.78 is 51.3. The fraction of sp³-hybridized carbons (Fsp3) is 0.880. The quantitative estimate of drug-likeness (QED) is 0.0852. The Morgan fingerprint density at radius 1 is 1.21 bits per heavy atom. The zero-order chi connectivity index (χ0) is 32.1. The molecule has 1 saturated heterocycles. The number of carbonyl (C=O) groups is 1. The second kappa shape index (κ2) is 15.1. The van der Waals surface area contributed by atoms with Gasteiger partial charge < -0.3 is 77.6 Å². The molecule has 250 valence electrons. The minimum Gasteiger partial charge on any atom is -0.467 e. The van der Waals surface area contributed by atoms with Gasteiger partial charge in [0.1, 0.15) is 35.8 Å². The van der Waals surface area contributed by atoms with Crippen LogP contribution in [0.3, 0.4) is 0 Å². The van der Waals surface area contributed by atoms with Gasteiger partial charge in [-0.3, -0.25) is 4.79 Å². The number of halogens is 2. The summed E-state index contributed by atoms with van der Waals surface area (Å²) in [6.07, 6.45) is -9.26. The summed E-state index contributed by atoms with van der Waals surface area (Å²) in [6, 6.07) is -3.88. The molecule has 3 aliphatic rings. The Kier molecular flexibility index (Phi) is 12.6. The number of alkyl halides is 2. The Morgan fingerprint density at radius 2 is 1.88 bits per heavy atom. The van der Waals surface area contributed by atoms with Crippen LogP contribution >= 0.6 is 0 Å². The standard InChI is InChI=1S/C25H46F2N6O10/c1-24(39)10-40-23(16(36)19(24)31-2)43-18-14(33-21(38)20(37)25(26,27)9-28)7-13(30)17(15(18)35)42-22-12(29)4-3-11(41-22)8-32-5-6-34/h3,12-20,22-23,31-32,34-37,39H,4-10,28-30H2,1-2H3,(H,33,38)/t12-,13+,14-,15+,16-,17?,18+,19-,20?,22-,23-,24+/m1/s1. The van der Waals surface area contributed by atoms with Gasteiger partial charge in [-0.15, -0.1) is 0 Å². The highest BCUT2D eigenvalue weighted by Gasteiger charge is 2.52. The molecule has 3 rings (SSSR count). The number of aliphatic hydroxyl groups is 5. The summed E-state index contributed by atoms with van der Waals surface area (Å²) in [6.45, 7) is 0.360. The van der Waals surface area contributed by atoms with Gasteiger partial charge in [-0.25, -0.2) is 8.78 Å². The fourth-order valence-electron chi connectivity index (χ4n) is 5.37. The lowest BCUT2D eigenvalue weighted by molar-refractivity contribution is -0.304. The van der Waals surface area contributed by atoms with Crippen LogP contribution in [-0.2, 0) is 23.7 Å². The number of nitrogens with two attached hydrogens (primary N) is 3. The van der Waals surface area contributed by atoms with E-state index < -0.39 is 91.2 Å². The molecule has 0 radical (unpaired) electrons. The van der Waals surface area contributed by atoms with Crippen LogP contribution in [-0.4, -0.2) is 150 Å².